The molecule has 1 aliphatic carbocycles. The number of aryl methyl sites for hydroxylation is 1. The predicted molar refractivity (Wildman–Crippen MR) is 94.0 cm³/mol. The lowest BCUT2D eigenvalue weighted by Crippen LogP contribution is -2.30. The Kier molecular flexibility index (Phi) is 5.06. The van der Waals surface area contributed by atoms with Crippen LogP contribution in [0.4, 0.5) is 4.39 Å². The maximum Gasteiger partial charge on any atom is 0.303 e. The number of aromatic nitrogens is 2. The third kappa shape index (κ3) is 3.61. The molecule has 1 aromatic heterocycles. The van der Waals surface area contributed by atoms with Crippen molar-refractivity contribution in [3.05, 3.63) is 46.5 Å². The molecule has 0 aliphatic heterocycles. The Hall–Kier alpha value is -2.70. The van der Waals surface area contributed by atoms with E-state index in [1.165, 1.54) is 6.07 Å². The second-order valence-electron chi connectivity index (χ2n) is 6.91. The van der Waals surface area contributed by atoms with Gasteiger partial charge >= 0.3 is 5.97 Å². The summed E-state index contributed by atoms with van der Waals surface area (Å²) in [5.41, 5.74) is 3.30. The van der Waals surface area contributed by atoms with Crippen LogP contribution in [0.1, 0.15) is 47.1 Å². The number of amides is 1. The third-order valence-corrected chi connectivity index (χ3v) is 4.61. The molecule has 1 unspecified atom stereocenters. The average Bonchev–Trinajstić information content (AvgIpc) is 3.16. The quantitative estimate of drug-likeness (QED) is 0.830. The van der Waals surface area contributed by atoms with Crippen molar-refractivity contribution in [1.82, 2.24) is 15.1 Å². The van der Waals surface area contributed by atoms with E-state index in [-0.39, 0.29) is 30.6 Å². The summed E-state index contributed by atoms with van der Waals surface area (Å²) in [6, 6.07) is 4.82. The summed E-state index contributed by atoms with van der Waals surface area (Å²) in [6.07, 6.45) is 2.37. The van der Waals surface area contributed by atoms with Gasteiger partial charge in [-0.1, -0.05) is 13.0 Å². The highest BCUT2D eigenvalue weighted by Gasteiger charge is 2.28. The summed E-state index contributed by atoms with van der Waals surface area (Å²) in [7, 11) is 0. The van der Waals surface area contributed by atoms with Crippen molar-refractivity contribution in [2.45, 2.75) is 39.5 Å². The number of nitrogens with one attached hydrogen (secondary N) is 1. The lowest BCUT2D eigenvalue weighted by atomic mass is 10.1. The molecule has 1 heterocycles. The van der Waals surface area contributed by atoms with Gasteiger partial charge in [0, 0.05) is 24.2 Å². The molecular weight excluding hydrogens is 337 g/mol. The molecule has 1 atom stereocenters. The van der Waals surface area contributed by atoms with Crippen LogP contribution >= 0.6 is 0 Å². The second kappa shape index (κ2) is 7.27. The van der Waals surface area contributed by atoms with Gasteiger partial charge in [0.05, 0.1) is 0 Å². The first kappa shape index (κ1) is 18.1. The van der Waals surface area contributed by atoms with E-state index < -0.39 is 5.97 Å². The maximum absolute atomic E-state index is 14.3. The van der Waals surface area contributed by atoms with Gasteiger partial charge < -0.3 is 10.4 Å². The Labute approximate surface area is 151 Å². The second-order valence-corrected chi connectivity index (χ2v) is 6.91. The van der Waals surface area contributed by atoms with Gasteiger partial charge in [0.2, 0.25) is 0 Å². The lowest BCUT2D eigenvalue weighted by molar-refractivity contribution is -0.137. The number of halogens is 1. The maximum atomic E-state index is 14.3. The van der Waals surface area contributed by atoms with Gasteiger partial charge in [0.25, 0.3) is 5.91 Å². The molecule has 0 saturated carbocycles. The molecule has 1 amide bonds. The molecular formula is C19H22FN3O3. The normalized spacial score (nSPS) is 14.1. The first-order chi connectivity index (χ1) is 12.4. The Balaban J connectivity index is 1.87. The zero-order chi connectivity index (χ0) is 18.8. The van der Waals surface area contributed by atoms with Crippen molar-refractivity contribution in [2.75, 3.05) is 6.54 Å². The van der Waals surface area contributed by atoms with Crippen LogP contribution in [0.25, 0.3) is 5.69 Å². The lowest BCUT2D eigenvalue weighted by Gasteiger charge is -2.10. The van der Waals surface area contributed by atoms with Gasteiger partial charge in [-0.25, -0.2) is 9.07 Å². The molecule has 0 saturated heterocycles. The van der Waals surface area contributed by atoms with Crippen LogP contribution in [0.2, 0.25) is 0 Å². The van der Waals surface area contributed by atoms with Crippen molar-refractivity contribution < 1.29 is 19.1 Å². The van der Waals surface area contributed by atoms with Crippen LogP contribution in [0, 0.1) is 18.7 Å². The molecule has 138 valence electrons. The Morgan fingerprint density at radius 3 is 2.88 bits per heavy atom. The third-order valence-electron chi connectivity index (χ3n) is 4.61. The first-order valence-corrected chi connectivity index (χ1v) is 8.74. The fourth-order valence-corrected chi connectivity index (χ4v) is 3.32. The van der Waals surface area contributed by atoms with Crippen molar-refractivity contribution in [1.29, 1.82) is 0 Å². The fraction of sp³-hybridized carbons (Fsp3) is 0.421. The van der Waals surface area contributed by atoms with E-state index in [1.54, 1.807) is 23.7 Å². The number of hydrogen-bond donors (Lipinski definition) is 2. The summed E-state index contributed by atoms with van der Waals surface area (Å²) in [6.45, 7) is 3.90. The van der Waals surface area contributed by atoms with Crippen molar-refractivity contribution >= 4 is 11.9 Å². The number of carbonyl (C=O) groups is 2. The van der Waals surface area contributed by atoms with E-state index in [0.717, 1.165) is 36.1 Å². The highest BCUT2D eigenvalue weighted by atomic mass is 19.1. The number of hydrogen-bond acceptors (Lipinski definition) is 3. The summed E-state index contributed by atoms with van der Waals surface area (Å²) in [5, 5.41) is 16.0. The minimum absolute atomic E-state index is 0.0126. The number of benzene rings is 1. The number of fused-ring (bicyclic) bond motifs is 1. The van der Waals surface area contributed by atoms with Gasteiger partial charge in [0.15, 0.2) is 5.69 Å². The molecule has 7 heteroatoms. The summed E-state index contributed by atoms with van der Waals surface area (Å²) < 4.78 is 15.8. The molecule has 1 aromatic carbocycles. The molecule has 1 aliphatic rings. The molecule has 6 nitrogen and oxygen atoms in total. The Morgan fingerprint density at radius 2 is 2.15 bits per heavy atom. The standard InChI is InChI=1S/C19H22FN3O3/c1-11-6-7-14(20)16(8-11)23-15-5-3-4-13(15)18(22-23)19(26)21-10-12(2)9-17(24)25/h6-8,12H,3-5,9-10H2,1-2H3,(H,21,26)(H,24,25). The molecule has 2 aromatic rings. The predicted octanol–water partition coefficient (Wildman–Crippen LogP) is 2.65. The van der Waals surface area contributed by atoms with Crippen LogP contribution in [0.15, 0.2) is 18.2 Å². The minimum Gasteiger partial charge on any atom is -0.481 e. The van der Waals surface area contributed by atoms with Gasteiger partial charge in [0.1, 0.15) is 11.5 Å². The molecule has 0 spiro atoms. The zero-order valence-electron chi connectivity index (χ0n) is 14.9. The number of carboxylic acid groups (broad SMARTS) is 1. The first-order valence-electron chi connectivity index (χ1n) is 8.74. The molecule has 3 rings (SSSR count). The summed E-state index contributed by atoms with van der Waals surface area (Å²) in [5.74, 6) is -1.80. The van der Waals surface area contributed by atoms with Crippen LogP contribution in [-0.2, 0) is 17.6 Å². The van der Waals surface area contributed by atoms with Crippen molar-refractivity contribution in [3.63, 3.8) is 0 Å². The van der Waals surface area contributed by atoms with E-state index in [0.29, 0.717) is 11.4 Å². The largest absolute Gasteiger partial charge is 0.481 e. The molecule has 2 N–H and O–H groups in total. The molecule has 0 fully saturated rings. The Bertz CT molecular complexity index is 860. The average molecular weight is 359 g/mol. The number of carboxylic acids is 1. The summed E-state index contributed by atoms with van der Waals surface area (Å²) in [4.78, 5) is 23.3. The number of carbonyl (C=O) groups excluding carboxylic acids is 1. The van der Waals surface area contributed by atoms with Gasteiger partial charge in [-0.15, -0.1) is 0 Å². The molecule has 0 radical (unpaired) electrons. The van der Waals surface area contributed by atoms with Crippen molar-refractivity contribution in [2.24, 2.45) is 5.92 Å². The molecule has 26 heavy (non-hydrogen) atoms. The van der Waals surface area contributed by atoms with Gasteiger partial charge in [-0.2, -0.15) is 5.10 Å². The monoisotopic (exact) mass is 359 g/mol. The Morgan fingerprint density at radius 1 is 1.38 bits per heavy atom. The van der Waals surface area contributed by atoms with Crippen LogP contribution in [-0.4, -0.2) is 33.3 Å². The van der Waals surface area contributed by atoms with Gasteiger partial charge in [-0.3, -0.25) is 9.59 Å². The van der Waals surface area contributed by atoms with E-state index >= 15 is 0 Å². The van der Waals surface area contributed by atoms with E-state index in [9.17, 15) is 14.0 Å². The highest BCUT2D eigenvalue weighted by molar-refractivity contribution is 5.94. The highest BCUT2D eigenvalue weighted by Crippen LogP contribution is 2.29. The fourth-order valence-electron chi connectivity index (χ4n) is 3.32. The van der Waals surface area contributed by atoms with E-state index in [1.807, 2.05) is 6.92 Å². The number of aliphatic carboxylic acids is 1. The molecule has 0 bridgehead atoms. The van der Waals surface area contributed by atoms with Crippen LogP contribution < -0.4 is 5.32 Å². The van der Waals surface area contributed by atoms with E-state index in [2.05, 4.69) is 10.4 Å². The number of nitrogens with zero attached hydrogens (tertiary/aromatic N) is 2. The summed E-state index contributed by atoms with van der Waals surface area (Å²) >= 11 is 0. The SMILES string of the molecule is Cc1ccc(F)c(-n2nc(C(=O)NCC(C)CC(=O)O)c3c2CCC3)c1. The van der Waals surface area contributed by atoms with Crippen molar-refractivity contribution in [3.8, 4) is 5.69 Å². The smallest absolute Gasteiger partial charge is 0.303 e. The van der Waals surface area contributed by atoms with E-state index in [4.69, 9.17) is 5.11 Å². The zero-order valence-corrected chi connectivity index (χ0v) is 14.9. The number of rotatable bonds is 6. The van der Waals surface area contributed by atoms with Crippen LogP contribution in [0.5, 0.6) is 0 Å². The minimum atomic E-state index is -0.896. The van der Waals surface area contributed by atoms with Gasteiger partial charge in [-0.05, 0) is 49.8 Å². The topological polar surface area (TPSA) is 84.2 Å². The van der Waals surface area contributed by atoms with Crippen LogP contribution in [0.3, 0.4) is 0 Å².